The predicted octanol–water partition coefficient (Wildman–Crippen LogP) is 2.90. The van der Waals surface area contributed by atoms with Gasteiger partial charge in [-0.2, -0.15) is 0 Å². The van der Waals surface area contributed by atoms with E-state index in [0.717, 1.165) is 19.1 Å². The lowest BCUT2D eigenvalue weighted by Crippen LogP contribution is -2.67. The Kier molecular flexibility index (Phi) is 5.49. The lowest BCUT2D eigenvalue weighted by Gasteiger charge is -2.61. The van der Waals surface area contributed by atoms with Crippen LogP contribution >= 0.6 is 0 Å². The molecule has 20 heavy (non-hydrogen) atoms. The standard InChI is InChI=1S/C17H34N2O/c1-6-20-16-11-15(17(16)8-7-9-17)18-12-14(19(4)5)10-13(2)3/h13-16,18H,6-12H2,1-5H3. The minimum absolute atomic E-state index is 0.491. The van der Waals surface area contributed by atoms with Gasteiger partial charge in [0.2, 0.25) is 0 Å². The molecule has 2 rings (SSSR count). The Morgan fingerprint density at radius 2 is 2.00 bits per heavy atom. The average Bonchev–Trinajstić information content (AvgIpc) is 2.28. The van der Waals surface area contributed by atoms with Crippen molar-refractivity contribution in [2.24, 2.45) is 11.3 Å². The number of hydrogen-bond donors (Lipinski definition) is 1. The van der Waals surface area contributed by atoms with Crippen LogP contribution in [0.25, 0.3) is 0 Å². The van der Waals surface area contributed by atoms with Gasteiger partial charge in [0, 0.05) is 30.7 Å². The van der Waals surface area contributed by atoms with Crippen molar-refractivity contribution >= 4 is 0 Å². The van der Waals surface area contributed by atoms with Gasteiger partial charge >= 0.3 is 0 Å². The molecule has 0 aromatic heterocycles. The van der Waals surface area contributed by atoms with E-state index in [1.54, 1.807) is 0 Å². The summed E-state index contributed by atoms with van der Waals surface area (Å²) in [6.45, 7) is 8.75. The summed E-state index contributed by atoms with van der Waals surface area (Å²) >= 11 is 0. The maximum Gasteiger partial charge on any atom is 0.0661 e. The van der Waals surface area contributed by atoms with Gasteiger partial charge in [0.1, 0.15) is 0 Å². The van der Waals surface area contributed by atoms with Crippen molar-refractivity contribution < 1.29 is 4.74 Å². The maximum absolute atomic E-state index is 5.93. The Labute approximate surface area is 125 Å². The third-order valence-corrected chi connectivity index (χ3v) is 5.51. The fourth-order valence-corrected chi connectivity index (χ4v) is 4.02. The third-order valence-electron chi connectivity index (χ3n) is 5.51. The molecule has 1 spiro atoms. The van der Waals surface area contributed by atoms with Gasteiger partial charge in [0.15, 0.2) is 0 Å². The monoisotopic (exact) mass is 282 g/mol. The molecular weight excluding hydrogens is 248 g/mol. The van der Waals surface area contributed by atoms with Crippen LogP contribution in [0.1, 0.15) is 52.9 Å². The van der Waals surface area contributed by atoms with Crippen molar-refractivity contribution in [1.29, 1.82) is 0 Å². The van der Waals surface area contributed by atoms with Gasteiger partial charge in [-0.05, 0) is 52.6 Å². The smallest absolute Gasteiger partial charge is 0.0661 e. The normalized spacial score (nSPS) is 29.6. The van der Waals surface area contributed by atoms with Crippen molar-refractivity contribution in [2.75, 3.05) is 27.2 Å². The Morgan fingerprint density at radius 3 is 2.45 bits per heavy atom. The number of nitrogens with one attached hydrogen (secondary N) is 1. The van der Waals surface area contributed by atoms with Crippen LogP contribution in [0, 0.1) is 11.3 Å². The molecule has 3 nitrogen and oxygen atoms in total. The van der Waals surface area contributed by atoms with Gasteiger partial charge in [0.25, 0.3) is 0 Å². The van der Waals surface area contributed by atoms with Crippen molar-refractivity contribution in [1.82, 2.24) is 10.2 Å². The average molecular weight is 282 g/mol. The van der Waals surface area contributed by atoms with Crippen molar-refractivity contribution in [3.8, 4) is 0 Å². The molecule has 2 aliphatic rings. The Morgan fingerprint density at radius 1 is 1.30 bits per heavy atom. The van der Waals surface area contributed by atoms with Crippen molar-refractivity contribution in [2.45, 2.75) is 71.1 Å². The number of hydrogen-bond acceptors (Lipinski definition) is 3. The summed E-state index contributed by atoms with van der Waals surface area (Å²) in [7, 11) is 4.41. The molecule has 0 radical (unpaired) electrons. The molecule has 0 heterocycles. The topological polar surface area (TPSA) is 24.5 Å². The summed E-state index contributed by atoms with van der Waals surface area (Å²) in [5.74, 6) is 0.763. The van der Waals surface area contributed by atoms with Crippen LogP contribution in [-0.2, 0) is 4.74 Å². The second-order valence-electron chi connectivity index (χ2n) is 7.47. The second-order valence-corrected chi connectivity index (χ2v) is 7.47. The molecule has 0 saturated heterocycles. The van der Waals surface area contributed by atoms with Gasteiger partial charge in [-0.3, -0.25) is 0 Å². The molecule has 0 aromatic rings. The highest BCUT2D eigenvalue weighted by molar-refractivity contribution is 5.12. The van der Waals surface area contributed by atoms with Crippen LogP contribution in [0.5, 0.6) is 0 Å². The van der Waals surface area contributed by atoms with Crippen LogP contribution in [0.15, 0.2) is 0 Å². The summed E-state index contributed by atoms with van der Waals surface area (Å²) in [5.41, 5.74) is 0.491. The molecule has 0 aromatic carbocycles. The van der Waals surface area contributed by atoms with Crippen molar-refractivity contribution in [3.05, 3.63) is 0 Å². The minimum Gasteiger partial charge on any atom is -0.378 e. The van der Waals surface area contributed by atoms with Crippen LogP contribution < -0.4 is 5.32 Å². The number of ether oxygens (including phenoxy) is 1. The fourth-order valence-electron chi connectivity index (χ4n) is 4.02. The summed E-state index contributed by atoms with van der Waals surface area (Å²) in [6.07, 6.45) is 7.15. The van der Waals surface area contributed by atoms with Crippen LogP contribution in [0.3, 0.4) is 0 Å². The second kappa shape index (κ2) is 6.76. The van der Waals surface area contributed by atoms with E-state index < -0.39 is 0 Å². The summed E-state index contributed by atoms with van der Waals surface area (Å²) < 4.78 is 5.93. The van der Waals surface area contributed by atoms with Gasteiger partial charge < -0.3 is 15.0 Å². The van der Waals surface area contributed by atoms with Gasteiger partial charge in [-0.1, -0.05) is 20.3 Å². The predicted molar refractivity (Wildman–Crippen MR) is 85.0 cm³/mol. The zero-order valence-electron chi connectivity index (χ0n) is 14.1. The largest absolute Gasteiger partial charge is 0.378 e. The summed E-state index contributed by atoms with van der Waals surface area (Å²) in [6, 6.07) is 1.35. The highest BCUT2D eigenvalue weighted by Crippen LogP contribution is 2.57. The van der Waals surface area contributed by atoms with Gasteiger partial charge in [0.05, 0.1) is 6.10 Å². The number of likely N-dealkylation sites (N-methyl/N-ethyl adjacent to an activating group) is 1. The molecular formula is C17H34N2O. The van der Waals surface area contributed by atoms with E-state index in [0.29, 0.717) is 23.6 Å². The summed E-state index contributed by atoms with van der Waals surface area (Å²) in [5, 5.41) is 3.87. The van der Waals surface area contributed by atoms with Crippen LogP contribution in [0.4, 0.5) is 0 Å². The van der Waals surface area contributed by atoms with E-state index in [1.165, 1.54) is 32.1 Å². The molecule has 0 amide bonds. The Balaban J connectivity index is 1.81. The van der Waals surface area contributed by atoms with E-state index in [1.807, 2.05) is 0 Å². The highest BCUT2D eigenvalue weighted by atomic mass is 16.5. The van der Waals surface area contributed by atoms with Crippen molar-refractivity contribution in [3.63, 3.8) is 0 Å². The molecule has 2 fully saturated rings. The molecule has 118 valence electrons. The fraction of sp³-hybridized carbons (Fsp3) is 1.00. The molecule has 2 saturated carbocycles. The Bertz CT molecular complexity index is 299. The first kappa shape index (κ1) is 16.3. The van der Waals surface area contributed by atoms with Gasteiger partial charge in [-0.25, -0.2) is 0 Å². The van der Waals surface area contributed by atoms with E-state index in [-0.39, 0.29) is 0 Å². The molecule has 3 heteroatoms. The minimum atomic E-state index is 0.491. The molecule has 2 aliphatic carbocycles. The van der Waals surface area contributed by atoms with Crippen LogP contribution in [0.2, 0.25) is 0 Å². The quantitative estimate of drug-likeness (QED) is 0.741. The zero-order chi connectivity index (χ0) is 14.8. The Hall–Kier alpha value is -0.120. The molecule has 1 N–H and O–H groups in total. The first-order valence-corrected chi connectivity index (χ1v) is 8.51. The van der Waals surface area contributed by atoms with E-state index >= 15 is 0 Å². The highest BCUT2D eigenvalue weighted by Gasteiger charge is 2.58. The molecule has 0 aliphatic heterocycles. The third kappa shape index (κ3) is 3.20. The van der Waals surface area contributed by atoms with E-state index in [2.05, 4.69) is 45.1 Å². The number of nitrogens with zero attached hydrogens (tertiary/aromatic N) is 1. The first-order chi connectivity index (χ1) is 9.49. The zero-order valence-corrected chi connectivity index (χ0v) is 14.1. The van der Waals surface area contributed by atoms with Gasteiger partial charge in [-0.15, -0.1) is 0 Å². The lowest BCUT2D eigenvalue weighted by molar-refractivity contribution is -0.173. The maximum atomic E-state index is 5.93. The van der Waals surface area contributed by atoms with Crippen LogP contribution in [-0.4, -0.2) is 50.3 Å². The molecule has 0 bridgehead atoms. The number of rotatable bonds is 8. The first-order valence-electron chi connectivity index (χ1n) is 8.51. The summed E-state index contributed by atoms with van der Waals surface area (Å²) in [4.78, 5) is 2.37. The molecule has 3 unspecified atom stereocenters. The van der Waals surface area contributed by atoms with E-state index in [4.69, 9.17) is 4.74 Å². The molecule has 3 atom stereocenters. The SMILES string of the molecule is CCOC1CC(NCC(CC(C)C)N(C)C)C12CCC2. The lowest BCUT2D eigenvalue weighted by atomic mass is 9.51. The van der Waals surface area contributed by atoms with E-state index in [9.17, 15) is 0 Å².